The fraction of sp³-hybridized carbons (Fsp3) is 0.308. The van der Waals surface area contributed by atoms with E-state index in [1.165, 1.54) is 11.3 Å². The Morgan fingerprint density at radius 3 is 3.18 bits per heavy atom. The maximum Gasteiger partial charge on any atom is 0.236 e. The normalized spacial score (nSPS) is 11.0. The van der Waals surface area contributed by atoms with Crippen molar-refractivity contribution in [2.45, 2.75) is 10.1 Å². The van der Waals surface area contributed by atoms with Gasteiger partial charge in [0.2, 0.25) is 11.0 Å². The second-order valence-electron chi connectivity index (χ2n) is 4.20. The number of nitrogens with zero attached hydrogens (tertiary/aromatic N) is 3. The lowest BCUT2D eigenvalue weighted by Crippen LogP contribution is -2.06. The highest BCUT2D eigenvalue weighted by Gasteiger charge is 2.10. The van der Waals surface area contributed by atoms with Crippen LogP contribution in [0.25, 0.3) is 10.8 Å². The zero-order chi connectivity index (χ0) is 15.2. The van der Waals surface area contributed by atoms with Crippen LogP contribution in [0.4, 0.5) is 5.13 Å². The van der Waals surface area contributed by atoms with Crippen LogP contribution in [0.5, 0.6) is 0 Å². The molecule has 1 N–H and O–H groups in total. The summed E-state index contributed by atoms with van der Waals surface area (Å²) in [6.07, 6.45) is 1.70. The summed E-state index contributed by atoms with van der Waals surface area (Å²) in [6.45, 7) is 1.37. The van der Waals surface area contributed by atoms with E-state index in [1.807, 2.05) is 17.5 Å². The molecule has 3 aromatic rings. The molecule has 0 aliphatic carbocycles. The lowest BCUT2D eigenvalue weighted by atomic mass is 10.5. The molecule has 9 heteroatoms. The molecule has 0 bridgehead atoms. The lowest BCUT2D eigenvalue weighted by molar-refractivity contribution is 0.211. The first-order valence-corrected chi connectivity index (χ1v) is 9.20. The maximum absolute atomic E-state index is 5.50. The number of aromatic nitrogens is 3. The number of thiophene rings is 1. The van der Waals surface area contributed by atoms with Crippen molar-refractivity contribution in [2.24, 2.45) is 0 Å². The summed E-state index contributed by atoms with van der Waals surface area (Å²) < 4.78 is 11.4. The third-order valence-corrected chi connectivity index (χ3v) is 5.52. The minimum Gasteiger partial charge on any atom is -0.444 e. The summed E-state index contributed by atoms with van der Waals surface area (Å²) in [5, 5.41) is 14.2. The van der Waals surface area contributed by atoms with Gasteiger partial charge in [-0.15, -0.1) is 21.5 Å². The molecule has 3 aromatic heterocycles. The quantitative estimate of drug-likeness (QED) is 0.489. The molecule has 0 aromatic carbocycles. The largest absolute Gasteiger partial charge is 0.444 e. The molecular formula is C13H14N4O2S3. The van der Waals surface area contributed by atoms with Crippen LogP contribution in [0.15, 0.2) is 32.5 Å². The standard InChI is InChI=1S/C13H14N4O2S3/c1-18-5-4-14-12-16-17-13(22-12)21-8-9-7-19-11(15-9)10-3-2-6-20-10/h2-3,6-7H,4-5,8H2,1H3,(H,14,16). The summed E-state index contributed by atoms with van der Waals surface area (Å²) in [7, 11) is 1.67. The van der Waals surface area contributed by atoms with Crippen LogP contribution in [0.1, 0.15) is 5.69 Å². The van der Waals surface area contributed by atoms with E-state index >= 15 is 0 Å². The van der Waals surface area contributed by atoms with Gasteiger partial charge in [-0.25, -0.2) is 4.98 Å². The van der Waals surface area contributed by atoms with E-state index in [2.05, 4.69) is 20.5 Å². The molecule has 0 fully saturated rings. The molecule has 22 heavy (non-hydrogen) atoms. The first kappa shape index (κ1) is 15.5. The molecule has 0 spiro atoms. The minimum atomic E-state index is 0.645. The van der Waals surface area contributed by atoms with E-state index in [9.17, 15) is 0 Å². The van der Waals surface area contributed by atoms with Crippen LogP contribution in [0, 0.1) is 0 Å². The third-order valence-electron chi connectivity index (χ3n) is 2.62. The summed E-state index contributed by atoms with van der Waals surface area (Å²) in [4.78, 5) is 5.52. The van der Waals surface area contributed by atoms with Crippen molar-refractivity contribution in [1.82, 2.24) is 15.2 Å². The molecule has 0 aliphatic heterocycles. The van der Waals surface area contributed by atoms with Gasteiger partial charge in [-0.1, -0.05) is 29.2 Å². The Morgan fingerprint density at radius 1 is 1.41 bits per heavy atom. The van der Waals surface area contributed by atoms with Crippen molar-refractivity contribution in [3.05, 3.63) is 29.5 Å². The van der Waals surface area contributed by atoms with E-state index in [4.69, 9.17) is 9.15 Å². The molecule has 0 unspecified atom stereocenters. The van der Waals surface area contributed by atoms with Crippen molar-refractivity contribution >= 4 is 39.6 Å². The molecule has 116 valence electrons. The van der Waals surface area contributed by atoms with Gasteiger partial charge in [0.1, 0.15) is 6.26 Å². The molecule has 6 nitrogen and oxygen atoms in total. The van der Waals surface area contributed by atoms with Gasteiger partial charge in [-0.2, -0.15) is 0 Å². The Morgan fingerprint density at radius 2 is 2.36 bits per heavy atom. The van der Waals surface area contributed by atoms with E-state index in [1.54, 1.807) is 36.5 Å². The van der Waals surface area contributed by atoms with Crippen LogP contribution in [0.2, 0.25) is 0 Å². The Hall–Kier alpha value is -1.42. The van der Waals surface area contributed by atoms with E-state index < -0.39 is 0 Å². The molecule has 3 rings (SSSR count). The fourth-order valence-corrected chi connectivity index (χ4v) is 3.93. The van der Waals surface area contributed by atoms with Crippen molar-refractivity contribution < 1.29 is 9.15 Å². The molecule has 0 saturated heterocycles. The van der Waals surface area contributed by atoms with Gasteiger partial charge in [-0.05, 0) is 11.4 Å². The molecule has 0 radical (unpaired) electrons. The minimum absolute atomic E-state index is 0.645. The van der Waals surface area contributed by atoms with E-state index in [0.29, 0.717) is 18.3 Å². The number of oxazole rings is 1. The van der Waals surface area contributed by atoms with Crippen molar-refractivity contribution in [1.29, 1.82) is 0 Å². The Balaban J connectivity index is 1.52. The van der Waals surface area contributed by atoms with E-state index in [0.717, 1.165) is 26.6 Å². The lowest BCUT2D eigenvalue weighted by Gasteiger charge is -1.98. The average Bonchev–Trinajstić information content (AvgIpc) is 3.26. The topological polar surface area (TPSA) is 73.1 Å². The Labute approximate surface area is 139 Å². The number of ether oxygens (including phenoxy) is 1. The second-order valence-corrected chi connectivity index (χ2v) is 7.35. The first-order valence-electron chi connectivity index (χ1n) is 6.52. The number of hydrogen-bond donors (Lipinski definition) is 1. The van der Waals surface area contributed by atoms with Crippen molar-refractivity contribution in [3.63, 3.8) is 0 Å². The third kappa shape index (κ3) is 4.07. The SMILES string of the molecule is COCCNc1nnc(SCc2coc(-c3cccs3)n2)s1. The highest BCUT2D eigenvalue weighted by atomic mass is 32.2. The van der Waals surface area contributed by atoms with Gasteiger partial charge in [-0.3, -0.25) is 0 Å². The van der Waals surface area contributed by atoms with Crippen molar-refractivity contribution in [2.75, 3.05) is 25.6 Å². The molecule has 0 atom stereocenters. The van der Waals surface area contributed by atoms with Gasteiger partial charge in [0.05, 0.1) is 17.2 Å². The predicted octanol–water partition coefficient (Wildman–Crippen LogP) is 3.61. The predicted molar refractivity (Wildman–Crippen MR) is 89.7 cm³/mol. The number of rotatable bonds is 8. The zero-order valence-corrected chi connectivity index (χ0v) is 14.3. The highest BCUT2D eigenvalue weighted by molar-refractivity contribution is 8.00. The molecule has 0 saturated carbocycles. The average molecular weight is 354 g/mol. The smallest absolute Gasteiger partial charge is 0.236 e. The van der Waals surface area contributed by atoms with Gasteiger partial charge >= 0.3 is 0 Å². The van der Waals surface area contributed by atoms with Crippen LogP contribution >= 0.6 is 34.4 Å². The van der Waals surface area contributed by atoms with Crippen LogP contribution in [-0.2, 0) is 10.5 Å². The molecule has 0 aliphatic rings. The summed E-state index contributed by atoms with van der Waals surface area (Å²) in [5.41, 5.74) is 0.900. The number of thioether (sulfide) groups is 1. The summed E-state index contributed by atoms with van der Waals surface area (Å²) in [6, 6.07) is 3.98. The Kier molecular flexibility index (Phi) is 5.43. The zero-order valence-electron chi connectivity index (χ0n) is 11.8. The highest BCUT2D eigenvalue weighted by Crippen LogP contribution is 2.29. The first-order chi connectivity index (χ1) is 10.8. The molecule has 0 amide bonds. The number of hydrogen-bond acceptors (Lipinski definition) is 9. The van der Waals surface area contributed by atoms with Crippen LogP contribution in [-0.4, -0.2) is 35.4 Å². The second kappa shape index (κ2) is 7.73. The number of anilines is 1. The van der Waals surface area contributed by atoms with Crippen LogP contribution in [0.3, 0.4) is 0 Å². The summed E-state index contributed by atoms with van der Waals surface area (Å²) in [5.74, 6) is 1.38. The van der Waals surface area contributed by atoms with Gasteiger partial charge in [0.25, 0.3) is 0 Å². The Bertz CT molecular complexity index is 696. The molecular weight excluding hydrogens is 340 g/mol. The summed E-state index contributed by atoms with van der Waals surface area (Å²) >= 11 is 4.74. The van der Waals surface area contributed by atoms with Gasteiger partial charge < -0.3 is 14.5 Å². The number of methoxy groups -OCH3 is 1. The van der Waals surface area contributed by atoms with Crippen LogP contribution < -0.4 is 5.32 Å². The van der Waals surface area contributed by atoms with Gasteiger partial charge in [0, 0.05) is 19.4 Å². The van der Waals surface area contributed by atoms with Crippen molar-refractivity contribution in [3.8, 4) is 10.8 Å². The van der Waals surface area contributed by atoms with E-state index in [-0.39, 0.29) is 0 Å². The fourth-order valence-electron chi connectivity index (χ4n) is 1.62. The number of nitrogens with one attached hydrogen (secondary N) is 1. The maximum atomic E-state index is 5.50. The monoisotopic (exact) mass is 354 g/mol. The molecule has 3 heterocycles. The van der Waals surface area contributed by atoms with Gasteiger partial charge in [0.15, 0.2) is 4.34 Å².